The van der Waals surface area contributed by atoms with E-state index in [9.17, 15) is 22.4 Å². The van der Waals surface area contributed by atoms with E-state index in [0.717, 1.165) is 0 Å². The second kappa shape index (κ2) is 7.73. The van der Waals surface area contributed by atoms with Gasteiger partial charge in [0.15, 0.2) is 35.5 Å². The summed E-state index contributed by atoms with van der Waals surface area (Å²) in [5, 5.41) is 2.37. The Morgan fingerprint density at radius 2 is 1.56 bits per heavy atom. The summed E-state index contributed by atoms with van der Waals surface area (Å²) in [6.07, 6.45) is 0. The fraction of sp³-hybridized carbons (Fsp3) is 0.188. The van der Waals surface area contributed by atoms with Crippen molar-refractivity contribution < 1.29 is 36.6 Å². The molecular formula is C16H13F4NO4. The minimum Gasteiger partial charge on any atom is -0.493 e. The number of anilines is 1. The van der Waals surface area contributed by atoms with Gasteiger partial charge in [-0.1, -0.05) is 0 Å². The third-order valence-corrected chi connectivity index (χ3v) is 3.09. The van der Waals surface area contributed by atoms with Crippen molar-refractivity contribution >= 4 is 11.6 Å². The Hall–Kier alpha value is -2.97. The fourth-order valence-corrected chi connectivity index (χ4v) is 1.93. The lowest BCUT2D eigenvalue weighted by atomic mass is 10.2. The molecule has 2 aromatic carbocycles. The Labute approximate surface area is 140 Å². The van der Waals surface area contributed by atoms with Crippen molar-refractivity contribution in [1.82, 2.24) is 0 Å². The van der Waals surface area contributed by atoms with E-state index in [1.165, 1.54) is 32.4 Å². The molecule has 0 aliphatic rings. The van der Waals surface area contributed by atoms with E-state index < -0.39 is 41.5 Å². The molecule has 0 atom stereocenters. The maximum Gasteiger partial charge on any atom is 0.262 e. The van der Waals surface area contributed by atoms with Gasteiger partial charge in [0.1, 0.15) is 0 Å². The minimum atomic E-state index is -1.72. The number of amides is 1. The first-order chi connectivity index (χ1) is 11.9. The summed E-state index contributed by atoms with van der Waals surface area (Å²) in [7, 11) is 2.84. The van der Waals surface area contributed by atoms with Crippen LogP contribution in [-0.4, -0.2) is 26.7 Å². The molecule has 0 unspecified atom stereocenters. The molecule has 1 N–H and O–H groups in total. The fourth-order valence-electron chi connectivity index (χ4n) is 1.93. The van der Waals surface area contributed by atoms with Crippen LogP contribution in [0.3, 0.4) is 0 Å². The standard InChI is InChI=1S/C16H13F4NO4/c1-23-11-4-3-8(5-12(11)24-2)21-13(22)7-25-16-14(19)9(17)6-10(18)15(16)20/h3-6H,7H2,1-2H3,(H,21,22). The predicted octanol–water partition coefficient (Wildman–Crippen LogP) is 3.28. The number of halogens is 4. The van der Waals surface area contributed by atoms with Gasteiger partial charge in [-0.3, -0.25) is 4.79 Å². The van der Waals surface area contributed by atoms with E-state index in [4.69, 9.17) is 9.47 Å². The molecule has 2 aromatic rings. The summed E-state index contributed by atoms with van der Waals surface area (Å²) in [5.74, 6) is -8.06. The van der Waals surface area contributed by atoms with Gasteiger partial charge < -0.3 is 19.5 Å². The summed E-state index contributed by atoms with van der Waals surface area (Å²) in [6.45, 7) is -0.870. The second-order valence-corrected chi connectivity index (χ2v) is 4.70. The molecule has 0 saturated heterocycles. The molecule has 1 amide bonds. The first-order valence-electron chi connectivity index (χ1n) is 6.85. The van der Waals surface area contributed by atoms with Gasteiger partial charge in [0.2, 0.25) is 11.6 Å². The van der Waals surface area contributed by atoms with Gasteiger partial charge in [0.25, 0.3) is 5.91 Å². The second-order valence-electron chi connectivity index (χ2n) is 4.70. The van der Waals surface area contributed by atoms with Crippen molar-refractivity contribution in [3.63, 3.8) is 0 Å². The number of hydrogen-bond donors (Lipinski definition) is 1. The quantitative estimate of drug-likeness (QED) is 0.635. The van der Waals surface area contributed by atoms with Gasteiger partial charge >= 0.3 is 0 Å². The molecule has 0 heterocycles. The molecular weight excluding hydrogens is 346 g/mol. The van der Waals surface area contributed by atoms with E-state index >= 15 is 0 Å². The molecule has 0 aliphatic carbocycles. The molecule has 2 rings (SSSR count). The summed E-state index contributed by atoms with van der Waals surface area (Å²) < 4.78 is 67.6. The van der Waals surface area contributed by atoms with Crippen LogP contribution in [-0.2, 0) is 4.79 Å². The average Bonchev–Trinajstić information content (AvgIpc) is 2.59. The molecule has 134 valence electrons. The molecule has 0 radical (unpaired) electrons. The molecule has 0 aromatic heterocycles. The molecule has 0 saturated carbocycles. The van der Waals surface area contributed by atoms with Crippen LogP contribution in [0.5, 0.6) is 17.2 Å². The van der Waals surface area contributed by atoms with Crippen molar-refractivity contribution in [1.29, 1.82) is 0 Å². The molecule has 0 fully saturated rings. The smallest absolute Gasteiger partial charge is 0.262 e. The molecule has 9 heteroatoms. The van der Waals surface area contributed by atoms with Crippen molar-refractivity contribution in [3.05, 3.63) is 47.5 Å². The largest absolute Gasteiger partial charge is 0.493 e. The number of rotatable bonds is 6. The van der Waals surface area contributed by atoms with Crippen LogP contribution in [0.2, 0.25) is 0 Å². The van der Waals surface area contributed by atoms with Crippen LogP contribution in [0.25, 0.3) is 0 Å². The molecule has 5 nitrogen and oxygen atoms in total. The average molecular weight is 359 g/mol. The first kappa shape index (κ1) is 18.4. The van der Waals surface area contributed by atoms with Gasteiger partial charge in [-0.05, 0) is 12.1 Å². The summed E-state index contributed by atoms with van der Waals surface area (Å²) in [4.78, 5) is 11.8. The van der Waals surface area contributed by atoms with Crippen LogP contribution >= 0.6 is 0 Å². The molecule has 0 spiro atoms. The van der Waals surface area contributed by atoms with E-state index in [0.29, 0.717) is 11.5 Å². The van der Waals surface area contributed by atoms with Crippen molar-refractivity contribution in [2.75, 3.05) is 26.1 Å². The number of hydrogen-bond acceptors (Lipinski definition) is 4. The van der Waals surface area contributed by atoms with Gasteiger partial charge in [0, 0.05) is 17.8 Å². The normalized spacial score (nSPS) is 10.3. The highest BCUT2D eigenvalue weighted by Gasteiger charge is 2.21. The summed E-state index contributed by atoms with van der Waals surface area (Å²) in [5.41, 5.74) is 0.289. The van der Waals surface area contributed by atoms with Crippen LogP contribution in [0.1, 0.15) is 0 Å². The third-order valence-electron chi connectivity index (χ3n) is 3.09. The third kappa shape index (κ3) is 4.11. The van der Waals surface area contributed by atoms with Gasteiger partial charge in [-0.15, -0.1) is 0 Å². The van der Waals surface area contributed by atoms with Gasteiger partial charge in [-0.2, -0.15) is 8.78 Å². The lowest BCUT2D eigenvalue weighted by Crippen LogP contribution is -2.21. The maximum atomic E-state index is 13.4. The Morgan fingerprint density at radius 1 is 0.960 bits per heavy atom. The number of carbonyl (C=O) groups is 1. The maximum absolute atomic E-state index is 13.4. The first-order valence-corrected chi connectivity index (χ1v) is 6.85. The summed E-state index contributed by atoms with van der Waals surface area (Å²) in [6, 6.07) is 4.50. The van der Waals surface area contributed by atoms with E-state index in [1.807, 2.05) is 0 Å². The number of benzene rings is 2. The van der Waals surface area contributed by atoms with E-state index in [-0.39, 0.29) is 11.8 Å². The van der Waals surface area contributed by atoms with Crippen molar-refractivity contribution in [2.24, 2.45) is 0 Å². The number of carbonyl (C=O) groups excluding carboxylic acids is 1. The zero-order valence-corrected chi connectivity index (χ0v) is 13.2. The van der Waals surface area contributed by atoms with Crippen LogP contribution in [0, 0.1) is 23.3 Å². The van der Waals surface area contributed by atoms with Crippen LogP contribution in [0.4, 0.5) is 23.2 Å². The Morgan fingerprint density at radius 3 is 2.12 bits per heavy atom. The van der Waals surface area contributed by atoms with Gasteiger partial charge in [-0.25, -0.2) is 8.78 Å². The molecule has 0 bridgehead atoms. The molecule has 0 aliphatic heterocycles. The lowest BCUT2D eigenvalue weighted by Gasteiger charge is -2.12. The van der Waals surface area contributed by atoms with E-state index in [2.05, 4.69) is 10.1 Å². The zero-order valence-electron chi connectivity index (χ0n) is 13.2. The number of methoxy groups -OCH3 is 2. The van der Waals surface area contributed by atoms with Crippen molar-refractivity contribution in [3.8, 4) is 17.2 Å². The predicted molar refractivity (Wildman–Crippen MR) is 79.9 cm³/mol. The highest BCUT2D eigenvalue weighted by atomic mass is 19.2. The Balaban J connectivity index is 2.07. The number of ether oxygens (including phenoxy) is 3. The van der Waals surface area contributed by atoms with Crippen molar-refractivity contribution in [2.45, 2.75) is 0 Å². The zero-order chi connectivity index (χ0) is 18.6. The highest BCUT2D eigenvalue weighted by molar-refractivity contribution is 5.92. The number of nitrogens with one attached hydrogen (secondary N) is 1. The van der Waals surface area contributed by atoms with Crippen LogP contribution in [0.15, 0.2) is 24.3 Å². The van der Waals surface area contributed by atoms with Gasteiger partial charge in [0.05, 0.1) is 14.2 Å². The minimum absolute atomic E-state index is 0.0429. The lowest BCUT2D eigenvalue weighted by molar-refractivity contribution is -0.118. The highest BCUT2D eigenvalue weighted by Crippen LogP contribution is 2.30. The van der Waals surface area contributed by atoms with E-state index in [1.54, 1.807) is 0 Å². The topological polar surface area (TPSA) is 56.8 Å². The monoisotopic (exact) mass is 359 g/mol. The SMILES string of the molecule is COc1ccc(NC(=O)COc2c(F)c(F)cc(F)c2F)cc1OC. The Kier molecular flexibility index (Phi) is 5.68. The van der Waals surface area contributed by atoms with Crippen LogP contribution < -0.4 is 19.5 Å². The summed E-state index contributed by atoms with van der Waals surface area (Å²) >= 11 is 0. The Bertz CT molecular complexity index is 772. The molecule has 25 heavy (non-hydrogen) atoms.